The van der Waals surface area contributed by atoms with Crippen molar-refractivity contribution < 1.29 is 31.5 Å². The summed E-state index contributed by atoms with van der Waals surface area (Å²) in [6.07, 6.45) is 0. The number of methoxy groups -OCH3 is 1. The number of sulfonamides is 1. The molecule has 0 atom stereocenters. The van der Waals surface area contributed by atoms with Crippen LogP contribution in [0.2, 0.25) is 0 Å². The predicted octanol–water partition coefficient (Wildman–Crippen LogP) is 4.97. The Morgan fingerprint density at radius 3 is 2.32 bits per heavy atom. The largest absolute Gasteiger partial charge is 0.497 e. The third-order valence-corrected chi connectivity index (χ3v) is 5.78. The van der Waals surface area contributed by atoms with Crippen molar-refractivity contribution in [3.05, 3.63) is 72.3 Å². The Kier molecular flexibility index (Phi) is 6.55. The molecule has 0 amide bonds. The number of hydrogen-bond donors (Lipinski definition) is 1. The predicted molar refractivity (Wildman–Crippen MR) is 112 cm³/mol. The lowest BCUT2D eigenvalue weighted by molar-refractivity contribution is -0.0494. The molecule has 0 aliphatic rings. The molecule has 0 unspecified atom stereocenters. The first kappa shape index (κ1) is 22.2. The number of carbonyl (C=O) groups is 1. The molecule has 6 nitrogen and oxygen atoms in total. The Morgan fingerprint density at radius 2 is 1.71 bits per heavy atom. The number of hydrogen-bond acceptors (Lipinski definition) is 5. The molecule has 0 aromatic heterocycles. The number of carbonyl (C=O) groups excluding carboxylic acids is 1. The van der Waals surface area contributed by atoms with Crippen molar-refractivity contribution in [2.24, 2.45) is 0 Å². The first-order valence-corrected chi connectivity index (χ1v) is 10.5. The van der Waals surface area contributed by atoms with Crippen LogP contribution in [0, 0.1) is 0 Å². The highest BCUT2D eigenvalue weighted by atomic mass is 32.2. The smallest absolute Gasteiger partial charge is 0.387 e. The molecule has 0 saturated heterocycles. The molecule has 0 fully saturated rings. The fourth-order valence-corrected chi connectivity index (χ4v) is 3.98. The molecule has 0 aliphatic carbocycles. The van der Waals surface area contributed by atoms with Crippen LogP contribution in [0.1, 0.15) is 17.3 Å². The van der Waals surface area contributed by atoms with E-state index in [1.807, 2.05) is 0 Å². The molecule has 0 heterocycles. The maximum absolute atomic E-state index is 12.8. The van der Waals surface area contributed by atoms with Gasteiger partial charge in [-0.05, 0) is 55.0 Å². The Labute approximate surface area is 178 Å². The summed E-state index contributed by atoms with van der Waals surface area (Å²) in [7, 11) is -2.53. The fraction of sp³-hybridized carbons (Fsp3) is 0.136. The van der Waals surface area contributed by atoms with Gasteiger partial charge in [-0.3, -0.25) is 9.52 Å². The summed E-state index contributed by atoms with van der Waals surface area (Å²) in [5.74, 6) is 0.191. The molecule has 162 valence electrons. The van der Waals surface area contributed by atoms with E-state index >= 15 is 0 Å². The van der Waals surface area contributed by atoms with Gasteiger partial charge >= 0.3 is 6.61 Å². The summed E-state index contributed by atoms with van der Waals surface area (Å²) >= 11 is 0. The van der Waals surface area contributed by atoms with Gasteiger partial charge in [-0.25, -0.2) is 8.42 Å². The van der Waals surface area contributed by atoms with E-state index in [0.717, 1.165) is 0 Å². The quantitative estimate of drug-likeness (QED) is 0.493. The monoisotopic (exact) mass is 447 g/mol. The summed E-state index contributed by atoms with van der Waals surface area (Å²) in [5.41, 5.74) is 1.18. The van der Waals surface area contributed by atoms with Gasteiger partial charge in [0.2, 0.25) is 0 Å². The van der Waals surface area contributed by atoms with Crippen LogP contribution in [0.4, 0.5) is 14.5 Å². The Bertz CT molecular complexity index is 1190. The van der Waals surface area contributed by atoms with E-state index in [1.165, 1.54) is 56.5 Å². The lowest BCUT2D eigenvalue weighted by Gasteiger charge is -2.15. The van der Waals surface area contributed by atoms with Crippen LogP contribution in [0.15, 0.2) is 71.6 Å². The highest BCUT2D eigenvalue weighted by Crippen LogP contribution is 2.35. The second-order valence-corrected chi connectivity index (χ2v) is 8.19. The number of alkyl halides is 2. The van der Waals surface area contributed by atoms with E-state index in [-0.39, 0.29) is 33.2 Å². The molecule has 0 spiro atoms. The summed E-state index contributed by atoms with van der Waals surface area (Å²) in [6.45, 7) is -1.71. The zero-order valence-electron chi connectivity index (χ0n) is 16.6. The van der Waals surface area contributed by atoms with Gasteiger partial charge in [-0.1, -0.05) is 24.3 Å². The van der Waals surface area contributed by atoms with Gasteiger partial charge in [0, 0.05) is 16.8 Å². The normalized spacial score (nSPS) is 11.3. The molecule has 0 saturated carbocycles. The van der Waals surface area contributed by atoms with Crippen molar-refractivity contribution in [3.8, 4) is 22.6 Å². The van der Waals surface area contributed by atoms with E-state index in [9.17, 15) is 22.0 Å². The van der Waals surface area contributed by atoms with Gasteiger partial charge in [-0.15, -0.1) is 0 Å². The number of ether oxygens (including phenoxy) is 2. The zero-order valence-corrected chi connectivity index (χ0v) is 17.5. The second-order valence-electron chi connectivity index (χ2n) is 6.51. The van der Waals surface area contributed by atoms with Gasteiger partial charge in [0.1, 0.15) is 11.5 Å². The van der Waals surface area contributed by atoms with Gasteiger partial charge in [0.25, 0.3) is 10.0 Å². The number of nitrogens with one attached hydrogen (secondary N) is 1. The average molecular weight is 447 g/mol. The van der Waals surface area contributed by atoms with Crippen molar-refractivity contribution in [2.75, 3.05) is 11.8 Å². The van der Waals surface area contributed by atoms with Crippen LogP contribution in [0.25, 0.3) is 11.1 Å². The van der Waals surface area contributed by atoms with Crippen molar-refractivity contribution in [1.29, 1.82) is 0 Å². The van der Waals surface area contributed by atoms with E-state index in [0.29, 0.717) is 11.3 Å². The minimum absolute atomic E-state index is 0.0981. The SMILES string of the molecule is COc1ccc(-c2cc(NS(=O)(=O)c3cccc(C(C)=O)c3)ccc2OC(F)F)cc1. The third-order valence-electron chi connectivity index (χ3n) is 4.40. The van der Waals surface area contributed by atoms with Crippen LogP contribution in [0.5, 0.6) is 11.5 Å². The minimum Gasteiger partial charge on any atom is -0.497 e. The molecule has 1 N–H and O–H groups in total. The molecule has 3 aromatic carbocycles. The second kappa shape index (κ2) is 9.13. The van der Waals surface area contributed by atoms with E-state index < -0.39 is 16.6 Å². The number of Topliss-reactive ketones (excluding diaryl/α,β-unsaturated/α-hetero) is 1. The molecule has 0 bridgehead atoms. The summed E-state index contributed by atoms with van der Waals surface area (Å²) in [6, 6.07) is 16.1. The Morgan fingerprint density at radius 1 is 1.00 bits per heavy atom. The highest BCUT2D eigenvalue weighted by molar-refractivity contribution is 7.92. The van der Waals surface area contributed by atoms with Gasteiger partial charge in [0.05, 0.1) is 12.0 Å². The number of ketones is 1. The molecular formula is C22H19F2NO5S. The van der Waals surface area contributed by atoms with Crippen LogP contribution >= 0.6 is 0 Å². The van der Waals surface area contributed by atoms with Crippen LogP contribution in [-0.4, -0.2) is 27.9 Å². The Balaban J connectivity index is 1.99. The fourth-order valence-electron chi connectivity index (χ4n) is 2.88. The van der Waals surface area contributed by atoms with Crippen molar-refractivity contribution in [1.82, 2.24) is 0 Å². The lowest BCUT2D eigenvalue weighted by atomic mass is 10.0. The van der Waals surface area contributed by atoms with E-state index in [2.05, 4.69) is 9.46 Å². The number of rotatable bonds is 8. The Hall–Kier alpha value is -3.46. The van der Waals surface area contributed by atoms with Crippen molar-refractivity contribution in [2.45, 2.75) is 18.4 Å². The van der Waals surface area contributed by atoms with Gasteiger partial charge in [-0.2, -0.15) is 8.78 Å². The van der Waals surface area contributed by atoms with E-state index in [1.54, 1.807) is 24.3 Å². The maximum Gasteiger partial charge on any atom is 0.387 e. The minimum atomic E-state index is -4.03. The third kappa shape index (κ3) is 5.37. The summed E-state index contributed by atoms with van der Waals surface area (Å²) in [4.78, 5) is 11.5. The molecule has 0 radical (unpaired) electrons. The standard InChI is InChI=1S/C22H19F2NO5S/c1-14(26)16-4-3-5-19(12-16)31(27,28)25-17-8-11-21(30-22(23)24)20(13-17)15-6-9-18(29-2)10-7-15/h3-13,22,25H,1-2H3. The molecule has 3 rings (SSSR count). The highest BCUT2D eigenvalue weighted by Gasteiger charge is 2.18. The summed E-state index contributed by atoms with van der Waals surface area (Å²) < 4.78 is 63.4. The van der Waals surface area contributed by atoms with Crippen LogP contribution in [-0.2, 0) is 10.0 Å². The first-order valence-electron chi connectivity index (χ1n) is 9.07. The topological polar surface area (TPSA) is 81.7 Å². The summed E-state index contributed by atoms with van der Waals surface area (Å²) in [5, 5.41) is 0. The van der Waals surface area contributed by atoms with Crippen molar-refractivity contribution in [3.63, 3.8) is 0 Å². The van der Waals surface area contributed by atoms with Gasteiger partial charge < -0.3 is 9.47 Å². The van der Waals surface area contributed by atoms with Crippen LogP contribution < -0.4 is 14.2 Å². The van der Waals surface area contributed by atoms with E-state index in [4.69, 9.17) is 4.74 Å². The molecule has 0 aliphatic heterocycles. The molecule has 9 heteroatoms. The van der Waals surface area contributed by atoms with Gasteiger partial charge in [0.15, 0.2) is 5.78 Å². The molecule has 31 heavy (non-hydrogen) atoms. The van der Waals surface area contributed by atoms with Crippen molar-refractivity contribution >= 4 is 21.5 Å². The average Bonchev–Trinajstić information content (AvgIpc) is 2.74. The molecular weight excluding hydrogens is 428 g/mol. The zero-order chi connectivity index (χ0) is 22.6. The number of benzene rings is 3. The number of anilines is 1. The lowest BCUT2D eigenvalue weighted by Crippen LogP contribution is -2.14. The maximum atomic E-state index is 12.8. The van der Waals surface area contributed by atoms with Crippen LogP contribution in [0.3, 0.4) is 0 Å². The number of halogens is 2. The molecule has 3 aromatic rings. The first-order chi connectivity index (χ1) is 14.7.